The summed E-state index contributed by atoms with van der Waals surface area (Å²) in [5, 5.41) is 6.44. The summed E-state index contributed by atoms with van der Waals surface area (Å²) in [5.41, 5.74) is 1.29. The molecule has 1 heterocycles. The lowest BCUT2D eigenvalue weighted by atomic mass is 10.1. The topological polar surface area (TPSA) is 64.4 Å². The number of carbonyl (C=O) groups excluding carboxylic acids is 1. The van der Waals surface area contributed by atoms with Crippen LogP contribution in [0.5, 0.6) is 0 Å². The molecular formula is C14H16N2O3. The molecule has 5 nitrogen and oxygen atoms in total. The third kappa shape index (κ3) is 3.42. The monoisotopic (exact) mass is 260 g/mol. The Balaban J connectivity index is 1.95. The van der Waals surface area contributed by atoms with Crippen LogP contribution in [0.15, 0.2) is 40.9 Å². The average molecular weight is 260 g/mol. The van der Waals surface area contributed by atoms with Crippen molar-refractivity contribution in [2.75, 3.05) is 13.7 Å². The summed E-state index contributed by atoms with van der Waals surface area (Å²) < 4.78 is 10.2. The molecule has 0 aliphatic rings. The van der Waals surface area contributed by atoms with Gasteiger partial charge >= 0.3 is 0 Å². The summed E-state index contributed by atoms with van der Waals surface area (Å²) in [6.07, 6.45) is -0.182. The lowest BCUT2D eigenvalue weighted by Gasteiger charge is -2.15. The number of amides is 1. The SMILES string of the molecule is CO[C@H](CNC(=O)c1cc(C)on1)c1ccccc1. The molecular weight excluding hydrogens is 244 g/mol. The van der Waals surface area contributed by atoms with Gasteiger partial charge in [-0.25, -0.2) is 0 Å². The Morgan fingerprint density at radius 2 is 2.16 bits per heavy atom. The molecule has 2 aromatic rings. The molecule has 0 spiro atoms. The quantitative estimate of drug-likeness (QED) is 0.894. The number of ether oxygens (including phenoxy) is 1. The summed E-state index contributed by atoms with van der Waals surface area (Å²) in [5.74, 6) is 0.339. The molecule has 0 saturated carbocycles. The zero-order valence-electron chi connectivity index (χ0n) is 10.9. The van der Waals surface area contributed by atoms with Crippen molar-refractivity contribution in [1.82, 2.24) is 10.5 Å². The lowest BCUT2D eigenvalue weighted by Crippen LogP contribution is -2.29. The van der Waals surface area contributed by atoms with Crippen molar-refractivity contribution < 1.29 is 14.1 Å². The average Bonchev–Trinajstić information content (AvgIpc) is 2.87. The molecule has 5 heteroatoms. The predicted molar refractivity (Wildman–Crippen MR) is 69.8 cm³/mol. The number of nitrogens with zero attached hydrogens (tertiary/aromatic N) is 1. The molecule has 0 fully saturated rings. The van der Waals surface area contributed by atoms with E-state index < -0.39 is 0 Å². The van der Waals surface area contributed by atoms with E-state index in [-0.39, 0.29) is 17.7 Å². The van der Waals surface area contributed by atoms with E-state index in [0.717, 1.165) is 5.56 Å². The van der Waals surface area contributed by atoms with Gasteiger partial charge in [0, 0.05) is 19.7 Å². The van der Waals surface area contributed by atoms with Crippen LogP contribution in [0.1, 0.15) is 27.9 Å². The van der Waals surface area contributed by atoms with Gasteiger partial charge in [-0.15, -0.1) is 0 Å². The van der Waals surface area contributed by atoms with E-state index in [1.165, 1.54) is 0 Å². The van der Waals surface area contributed by atoms with Gasteiger partial charge < -0.3 is 14.6 Å². The highest BCUT2D eigenvalue weighted by molar-refractivity contribution is 5.92. The molecule has 1 amide bonds. The van der Waals surface area contributed by atoms with Gasteiger partial charge in [-0.1, -0.05) is 35.5 Å². The second-order valence-electron chi connectivity index (χ2n) is 4.17. The van der Waals surface area contributed by atoms with Gasteiger partial charge in [0.15, 0.2) is 5.69 Å². The normalized spacial score (nSPS) is 12.1. The van der Waals surface area contributed by atoms with Crippen LogP contribution < -0.4 is 5.32 Å². The van der Waals surface area contributed by atoms with Gasteiger partial charge in [0.1, 0.15) is 5.76 Å². The van der Waals surface area contributed by atoms with Crippen molar-refractivity contribution in [2.45, 2.75) is 13.0 Å². The fourth-order valence-corrected chi connectivity index (χ4v) is 1.75. The van der Waals surface area contributed by atoms with Gasteiger partial charge in [0.05, 0.1) is 6.10 Å². The Morgan fingerprint density at radius 1 is 1.42 bits per heavy atom. The van der Waals surface area contributed by atoms with Crippen molar-refractivity contribution in [1.29, 1.82) is 0 Å². The van der Waals surface area contributed by atoms with Crippen LogP contribution in [0.4, 0.5) is 0 Å². The summed E-state index contributed by atoms with van der Waals surface area (Å²) in [6, 6.07) is 11.3. The maximum atomic E-state index is 11.8. The Labute approximate surface area is 111 Å². The van der Waals surface area contributed by atoms with Crippen LogP contribution in [0, 0.1) is 6.92 Å². The number of benzene rings is 1. The van der Waals surface area contributed by atoms with Crippen LogP contribution in [0.25, 0.3) is 0 Å². The zero-order valence-corrected chi connectivity index (χ0v) is 10.9. The Hall–Kier alpha value is -2.14. The van der Waals surface area contributed by atoms with Gasteiger partial charge in [-0.3, -0.25) is 4.79 Å². The van der Waals surface area contributed by atoms with Gasteiger partial charge in [-0.05, 0) is 12.5 Å². The van der Waals surface area contributed by atoms with Crippen LogP contribution in [-0.4, -0.2) is 24.7 Å². The summed E-state index contributed by atoms with van der Waals surface area (Å²) >= 11 is 0. The van der Waals surface area contributed by atoms with E-state index in [4.69, 9.17) is 9.26 Å². The highest BCUT2D eigenvalue weighted by atomic mass is 16.5. The fraction of sp³-hybridized carbons (Fsp3) is 0.286. The third-order valence-electron chi connectivity index (χ3n) is 2.76. The van der Waals surface area contributed by atoms with Crippen LogP contribution in [0.2, 0.25) is 0 Å². The fourth-order valence-electron chi connectivity index (χ4n) is 1.75. The van der Waals surface area contributed by atoms with E-state index in [1.807, 2.05) is 30.3 Å². The molecule has 0 unspecified atom stereocenters. The first-order valence-electron chi connectivity index (χ1n) is 6.00. The maximum Gasteiger partial charge on any atom is 0.273 e. The second-order valence-corrected chi connectivity index (χ2v) is 4.17. The minimum Gasteiger partial charge on any atom is -0.375 e. The van der Waals surface area contributed by atoms with Crippen molar-refractivity contribution in [3.8, 4) is 0 Å². The number of rotatable bonds is 5. The minimum atomic E-state index is -0.269. The molecule has 1 aromatic carbocycles. The first-order chi connectivity index (χ1) is 9.20. The highest BCUT2D eigenvalue weighted by Gasteiger charge is 2.14. The molecule has 1 atom stereocenters. The number of hydrogen-bond acceptors (Lipinski definition) is 4. The largest absolute Gasteiger partial charge is 0.375 e. The van der Waals surface area contributed by atoms with Gasteiger partial charge in [0.25, 0.3) is 5.91 Å². The molecule has 100 valence electrons. The van der Waals surface area contributed by atoms with E-state index in [9.17, 15) is 4.79 Å². The van der Waals surface area contributed by atoms with E-state index in [2.05, 4.69) is 10.5 Å². The van der Waals surface area contributed by atoms with Crippen LogP contribution in [-0.2, 0) is 4.74 Å². The van der Waals surface area contributed by atoms with Crippen LogP contribution in [0.3, 0.4) is 0 Å². The standard InChI is InChI=1S/C14H16N2O3/c1-10-8-12(16-19-10)14(17)15-9-13(18-2)11-6-4-3-5-7-11/h3-8,13H,9H2,1-2H3,(H,15,17)/t13-/m1/s1. The molecule has 19 heavy (non-hydrogen) atoms. The lowest BCUT2D eigenvalue weighted by molar-refractivity contribution is 0.0821. The number of nitrogens with one attached hydrogen (secondary N) is 1. The summed E-state index contributed by atoms with van der Waals surface area (Å²) in [7, 11) is 1.62. The molecule has 0 radical (unpaired) electrons. The van der Waals surface area contributed by atoms with Gasteiger partial charge in [-0.2, -0.15) is 0 Å². The predicted octanol–water partition coefficient (Wildman–Crippen LogP) is 2.10. The minimum absolute atomic E-state index is 0.182. The van der Waals surface area contributed by atoms with Crippen molar-refractivity contribution >= 4 is 5.91 Å². The van der Waals surface area contributed by atoms with E-state index in [0.29, 0.717) is 12.3 Å². The van der Waals surface area contributed by atoms with Crippen molar-refractivity contribution in [3.63, 3.8) is 0 Å². The summed E-state index contributed by atoms with van der Waals surface area (Å²) in [4.78, 5) is 11.8. The Bertz CT molecular complexity index is 537. The Kier molecular flexibility index (Phi) is 4.30. The number of aromatic nitrogens is 1. The number of aryl methyl sites for hydroxylation is 1. The van der Waals surface area contributed by atoms with Crippen molar-refractivity contribution in [3.05, 3.63) is 53.4 Å². The number of carbonyl (C=O) groups is 1. The first-order valence-corrected chi connectivity index (χ1v) is 6.00. The molecule has 0 saturated heterocycles. The first kappa shape index (κ1) is 13.3. The van der Waals surface area contributed by atoms with E-state index in [1.54, 1.807) is 20.1 Å². The van der Waals surface area contributed by atoms with Crippen molar-refractivity contribution in [2.24, 2.45) is 0 Å². The maximum absolute atomic E-state index is 11.8. The molecule has 1 N–H and O–H groups in total. The number of hydrogen-bond donors (Lipinski definition) is 1. The zero-order chi connectivity index (χ0) is 13.7. The molecule has 2 rings (SSSR count). The molecule has 0 aliphatic carbocycles. The van der Waals surface area contributed by atoms with E-state index >= 15 is 0 Å². The highest BCUT2D eigenvalue weighted by Crippen LogP contribution is 2.15. The Morgan fingerprint density at radius 3 is 2.74 bits per heavy atom. The third-order valence-corrected chi connectivity index (χ3v) is 2.76. The molecule has 1 aromatic heterocycles. The molecule has 0 bridgehead atoms. The summed E-state index contributed by atoms with van der Waals surface area (Å²) in [6.45, 7) is 2.12. The van der Waals surface area contributed by atoms with Crippen LogP contribution >= 0.6 is 0 Å². The molecule has 0 aliphatic heterocycles. The second kappa shape index (κ2) is 6.15. The number of methoxy groups -OCH3 is 1. The van der Waals surface area contributed by atoms with Gasteiger partial charge in [0.2, 0.25) is 0 Å². The smallest absolute Gasteiger partial charge is 0.273 e.